The third-order valence-electron chi connectivity index (χ3n) is 5.84. The quantitative estimate of drug-likeness (QED) is 0.475. The number of benzene rings is 1. The Morgan fingerprint density at radius 1 is 1.29 bits per heavy atom. The van der Waals surface area contributed by atoms with Crippen molar-refractivity contribution in [3.05, 3.63) is 65.5 Å². The molecule has 1 saturated heterocycles. The molecule has 1 fully saturated rings. The van der Waals surface area contributed by atoms with Crippen molar-refractivity contribution in [1.82, 2.24) is 30.4 Å². The number of H-pyrrole nitrogens is 1. The Morgan fingerprint density at radius 3 is 2.74 bits per heavy atom. The van der Waals surface area contributed by atoms with Crippen LogP contribution in [0.4, 0.5) is 8.78 Å². The zero-order valence-corrected chi connectivity index (χ0v) is 18.7. The summed E-state index contributed by atoms with van der Waals surface area (Å²) in [5.41, 5.74) is 7.56. The van der Waals surface area contributed by atoms with Crippen LogP contribution in [0.25, 0.3) is 11.4 Å². The van der Waals surface area contributed by atoms with Gasteiger partial charge in [0.25, 0.3) is 0 Å². The maximum atomic E-state index is 14.7. The summed E-state index contributed by atoms with van der Waals surface area (Å²) in [7, 11) is 0. The predicted octanol–water partition coefficient (Wildman–Crippen LogP) is 2.19. The van der Waals surface area contributed by atoms with Crippen molar-refractivity contribution in [3.63, 3.8) is 0 Å². The molecule has 4 rings (SSSR count). The van der Waals surface area contributed by atoms with E-state index in [1.54, 1.807) is 37.3 Å². The Labute approximate surface area is 194 Å². The van der Waals surface area contributed by atoms with Gasteiger partial charge in [-0.3, -0.25) is 14.7 Å². The Kier molecular flexibility index (Phi) is 6.64. The molecule has 11 heteroatoms. The molecule has 0 aliphatic carbocycles. The van der Waals surface area contributed by atoms with Gasteiger partial charge < -0.3 is 16.0 Å². The Bertz CT molecular complexity index is 1190. The average Bonchev–Trinajstić information content (AvgIpc) is 3.47. The van der Waals surface area contributed by atoms with Crippen molar-refractivity contribution in [2.75, 3.05) is 6.54 Å². The molecule has 0 spiro atoms. The Hall–Kier alpha value is -3.73. The number of pyridine rings is 1. The molecule has 2 unspecified atom stereocenters. The molecule has 3 aromatic rings. The Morgan fingerprint density at radius 2 is 2.09 bits per heavy atom. The van der Waals surface area contributed by atoms with Crippen LogP contribution in [0.1, 0.15) is 49.2 Å². The lowest BCUT2D eigenvalue weighted by molar-refractivity contribution is -0.137. The number of likely N-dealkylation sites (tertiary alicyclic amines) is 1. The van der Waals surface area contributed by atoms with E-state index >= 15 is 0 Å². The number of halogens is 2. The number of nitrogens with zero attached hydrogens (tertiary/aromatic N) is 4. The fraction of sp³-hybridized carbons (Fsp3) is 0.348. The van der Waals surface area contributed by atoms with Gasteiger partial charge in [-0.2, -0.15) is 9.49 Å². The minimum absolute atomic E-state index is 0.109. The number of carbonyl (C=O) groups excluding carboxylic acids is 2. The van der Waals surface area contributed by atoms with Gasteiger partial charge in [0.2, 0.25) is 17.8 Å². The zero-order chi connectivity index (χ0) is 24.4. The van der Waals surface area contributed by atoms with Crippen LogP contribution in [0.5, 0.6) is 0 Å². The standard InChI is InChI=1S/C23H25F2N7O2/c1-12(26)17-6-7-18(29-21(17)25)20(14-4-3-5-15(8-14)22-27-11-28-31-22)30-23(34)19-9-16(24)10-32(19)13(2)33/h3-8,11-12,16,19-20H,9-10,26H2,1-2H3,(H,30,34)(H,27,28,31)/t12?,16-,19+,20?/m1/s1. The molecule has 0 saturated carbocycles. The fourth-order valence-corrected chi connectivity index (χ4v) is 4.12. The number of aromatic amines is 1. The van der Waals surface area contributed by atoms with Gasteiger partial charge >= 0.3 is 0 Å². The molecule has 3 heterocycles. The lowest BCUT2D eigenvalue weighted by atomic mass is 9.98. The topological polar surface area (TPSA) is 130 Å². The monoisotopic (exact) mass is 469 g/mol. The molecule has 9 nitrogen and oxygen atoms in total. The van der Waals surface area contributed by atoms with E-state index < -0.39 is 42.1 Å². The van der Waals surface area contributed by atoms with Crippen LogP contribution in [0.3, 0.4) is 0 Å². The smallest absolute Gasteiger partial charge is 0.243 e. The summed E-state index contributed by atoms with van der Waals surface area (Å²) in [6, 6.07) is 7.78. The van der Waals surface area contributed by atoms with Crippen LogP contribution >= 0.6 is 0 Å². The molecule has 0 radical (unpaired) electrons. The molecule has 2 amide bonds. The van der Waals surface area contributed by atoms with Crippen molar-refractivity contribution < 1.29 is 18.4 Å². The first kappa shape index (κ1) is 23.4. The first-order valence-corrected chi connectivity index (χ1v) is 10.8. The SMILES string of the molecule is CC(=O)N1C[C@H](F)C[C@H]1C(=O)NC(c1cccc(-c2ncn[nH]2)c1)c1ccc(C(C)N)c(F)n1. The number of nitrogens with two attached hydrogens (primary N) is 1. The predicted molar refractivity (Wildman–Crippen MR) is 119 cm³/mol. The number of rotatable bonds is 6. The molecule has 1 aromatic carbocycles. The number of hydrogen-bond donors (Lipinski definition) is 3. The van der Waals surface area contributed by atoms with Gasteiger partial charge in [-0.05, 0) is 24.6 Å². The highest BCUT2D eigenvalue weighted by Crippen LogP contribution is 2.28. The molecule has 1 aliphatic rings. The fourth-order valence-electron chi connectivity index (χ4n) is 4.12. The number of hydrogen-bond acceptors (Lipinski definition) is 6. The summed E-state index contributed by atoms with van der Waals surface area (Å²) >= 11 is 0. The van der Waals surface area contributed by atoms with E-state index in [2.05, 4.69) is 25.5 Å². The summed E-state index contributed by atoms with van der Waals surface area (Å²) in [5, 5.41) is 9.46. The number of amides is 2. The van der Waals surface area contributed by atoms with Crippen molar-refractivity contribution in [3.8, 4) is 11.4 Å². The van der Waals surface area contributed by atoms with Crippen LogP contribution in [0.2, 0.25) is 0 Å². The van der Waals surface area contributed by atoms with Gasteiger partial charge in [0.1, 0.15) is 18.5 Å². The molecular weight excluding hydrogens is 444 g/mol. The molecule has 2 aromatic heterocycles. The largest absolute Gasteiger partial charge is 0.342 e. The third-order valence-corrected chi connectivity index (χ3v) is 5.84. The lowest BCUT2D eigenvalue weighted by Crippen LogP contribution is -2.46. The van der Waals surface area contributed by atoms with Gasteiger partial charge in [0, 0.05) is 30.5 Å². The summed E-state index contributed by atoms with van der Waals surface area (Å²) in [5.74, 6) is -1.18. The number of alkyl halides is 1. The minimum atomic E-state index is -1.30. The summed E-state index contributed by atoms with van der Waals surface area (Å²) < 4.78 is 28.8. The highest BCUT2D eigenvalue weighted by molar-refractivity contribution is 5.88. The van der Waals surface area contributed by atoms with E-state index in [1.165, 1.54) is 24.2 Å². The Balaban J connectivity index is 1.72. The first-order valence-electron chi connectivity index (χ1n) is 10.8. The van der Waals surface area contributed by atoms with Gasteiger partial charge in [0.05, 0.1) is 18.3 Å². The molecule has 4 N–H and O–H groups in total. The molecule has 178 valence electrons. The van der Waals surface area contributed by atoms with E-state index in [-0.39, 0.29) is 24.2 Å². The highest BCUT2D eigenvalue weighted by atomic mass is 19.1. The van der Waals surface area contributed by atoms with Crippen LogP contribution in [0, 0.1) is 5.95 Å². The second kappa shape index (κ2) is 9.64. The van der Waals surface area contributed by atoms with Gasteiger partial charge in [-0.15, -0.1) is 0 Å². The molecule has 34 heavy (non-hydrogen) atoms. The average molecular weight is 469 g/mol. The number of carbonyl (C=O) groups is 2. The zero-order valence-electron chi connectivity index (χ0n) is 18.7. The highest BCUT2D eigenvalue weighted by Gasteiger charge is 2.39. The van der Waals surface area contributed by atoms with Gasteiger partial charge in [-0.1, -0.05) is 24.3 Å². The molecule has 4 atom stereocenters. The number of nitrogens with one attached hydrogen (secondary N) is 2. The first-order chi connectivity index (χ1) is 16.2. The molecule has 1 aliphatic heterocycles. The van der Waals surface area contributed by atoms with E-state index in [4.69, 9.17) is 5.73 Å². The summed E-state index contributed by atoms with van der Waals surface area (Å²) in [4.78, 5) is 34.5. The van der Waals surface area contributed by atoms with E-state index in [9.17, 15) is 18.4 Å². The maximum Gasteiger partial charge on any atom is 0.243 e. The number of aromatic nitrogens is 4. The third kappa shape index (κ3) is 4.79. The lowest BCUT2D eigenvalue weighted by Gasteiger charge is -2.26. The second-order valence-electron chi connectivity index (χ2n) is 8.33. The van der Waals surface area contributed by atoms with Crippen molar-refractivity contribution in [1.29, 1.82) is 0 Å². The minimum Gasteiger partial charge on any atom is -0.342 e. The van der Waals surface area contributed by atoms with Crippen LogP contribution in [-0.4, -0.2) is 55.6 Å². The van der Waals surface area contributed by atoms with Crippen LogP contribution in [-0.2, 0) is 9.59 Å². The summed E-state index contributed by atoms with van der Waals surface area (Å²) in [6.07, 6.45) is -0.0371. The van der Waals surface area contributed by atoms with Crippen molar-refractivity contribution >= 4 is 11.8 Å². The van der Waals surface area contributed by atoms with Crippen LogP contribution < -0.4 is 11.1 Å². The van der Waals surface area contributed by atoms with Crippen LogP contribution in [0.15, 0.2) is 42.7 Å². The van der Waals surface area contributed by atoms with E-state index in [1.807, 2.05) is 0 Å². The van der Waals surface area contributed by atoms with Gasteiger partial charge in [-0.25, -0.2) is 14.4 Å². The molecular formula is C23H25F2N7O2. The van der Waals surface area contributed by atoms with E-state index in [0.29, 0.717) is 17.0 Å². The van der Waals surface area contributed by atoms with Crippen molar-refractivity contribution in [2.45, 2.75) is 44.6 Å². The van der Waals surface area contributed by atoms with Crippen molar-refractivity contribution in [2.24, 2.45) is 5.73 Å². The molecule has 0 bridgehead atoms. The maximum absolute atomic E-state index is 14.7. The van der Waals surface area contributed by atoms with E-state index in [0.717, 1.165) is 0 Å². The summed E-state index contributed by atoms with van der Waals surface area (Å²) in [6.45, 7) is 2.79. The normalized spacial score (nSPS) is 19.6. The second-order valence-corrected chi connectivity index (χ2v) is 8.33. The van der Waals surface area contributed by atoms with Gasteiger partial charge in [0.15, 0.2) is 5.82 Å².